The molecule has 204 valence electrons. The summed E-state index contributed by atoms with van der Waals surface area (Å²) < 4.78 is 8.55. The van der Waals surface area contributed by atoms with E-state index in [4.69, 9.17) is 14.7 Å². The Hall–Kier alpha value is -3.62. The molecule has 0 saturated carbocycles. The third kappa shape index (κ3) is 6.18. The first-order valence-electron chi connectivity index (χ1n) is 13.8. The van der Waals surface area contributed by atoms with Crippen molar-refractivity contribution in [3.63, 3.8) is 0 Å². The van der Waals surface area contributed by atoms with E-state index in [1.807, 2.05) is 48.7 Å². The topological polar surface area (TPSA) is 81.9 Å². The lowest BCUT2D eigenvalue weighted by atomic mass is 10.0. The molecule has 0 bridgehead atoms. The second-order valence-electron chi connectivity index (χ2n) is 9.93. The summed E-state index contributed by atoms with van der Waals surface area (Å²) >= 11 is 0. The first-order valence-corrected chi connectivity index (χ1v) is 16.7. The zero-order valence-electron chi connectivity index (χ0n) is 23.5. The Morgan fingerprint density at radius 1 is 1.03 bits per heavy atom. The van der Waals surface area contributed by atoms with Gasteiger partial charge in [-0.2, -0.15) is 0 Å². The molecule has 0 aromatic carbocycles. The number of hydrogen-bond acceptors (Lipinski definition) is 5. The molecule has 4 rings (SSSR count). The van der Waals surface area contributed by atoms with E-state index in [1.54, 1.807) is 12.4 Å². The van der Waals surface area contributed by atoms with Gasteiger partial charge in [0, 0.05) is 49.8 Å². The minimum atomic E-state index is -1.23. The minimum absolute atomic E-state index is 0.167. The fourth-order valence-corrected chi connectivity index (χ4v) is 8.53. The van der Waals surface area contributed by atoms with Crippen LogP contribution >= 0.6 is 0 Å². The van der Waals surface area contributed by atoms with Gasteiger partial charge in [-0.05, 0) is 36.4 Å². The molecule has 7 nitrogen and oxygen atoms in total. The number of carbonyl (C=O) groups excluding carboxylic acids is 1. The molecule has 0 aliphatic rings. The molecule has 4 heterocycles. The summed E-state index contributed by atoms with van der Waals surface area (Å²) in [6.07, 6.45) is 7.19. The predicted octanol–water partition coefficient (Wildman–Crippen LogP) is 7.29. The highest BCUT2D eigenvalue weighted by Gasteiger charge is 2.26. The third-order valence-corrected chi connectivity index (χ3v) is 13.7. The second kappa shape index (κ2) is 13.0. The van der Waals surface area contributed by atoms with E-state index in [0.29, 0.717) is 19.0 Å². The van der Waals surface area contributed by atoms with E-state index in [0.717, 1.165) is 45.7 Å². The Morgan fingerprint density at radius 3 is 2.46 bits per heavy atom. The molecule has 0 spiro atoms. The number of carbonyl (C=O) groups is 1. The molecular formula is C31H39N5O2Si. The fourth-order valence-electron chi connectivity index (χ4n) is 5.39. The molecule has 39 heavy (non-hydrogen) atoms. The van der Waals surface area contributed by atoms with E-state index in [-0.39, 0.29) is 5.91 Å². The fraction of sp³-hybridized carbons (Fsp3) is 0.355. The molecule has 1 amide bonds. The highest BCUT2D eigenvalue weighted by molar-refractivity contribution is 6.79. The van der Waals surface area contributed by atoms with Crippen LogP contribution in [-0.4, -0.2) is 46.7 Å². The second-order valence-corrected chi connectivity index (χ2v) is 15.5. The largest absolute Gasteiger partial charge is 0.380 e. The molecule has 4 aromatic rings. The monoisotopic (exact) mass is 541 g/mol. The molecule has 0 unspecified atom stereocenters. The first kappa shape index (κ1) is 28.4. The van der Waals surface area contributed by atoms with E-state index in [9.17, 15) is 4.79 Å². The van der Waals surface area contributed by atoms with Crippen LogP contribution in [-0.2, 0) is 16.1 Å². The van der Waals surface area contributed by atoms with Gasteiger partial charge in [-0.1, -0.05) is 57.6 Å². The number of anilines is 1. The summed E-state index contributed by atoms with van der Waals surface area (Å²) in [5, 5.41) is 2.81. The van der Waals surface area contributed by atoms with Crippen molar-refractivity contribution in [1.82, 2.24) is 19.5 Å². The van der Waals surface area contributed by atoms with Gasteiger partial charge in [0.2, 0.25) is 5.91 Å². The van der Waals surface area contributed by atoms with Crippen molar-refractivity contribution >= 4 is 36.9 Å². The Kier molecular flexibility index (Phi) is 9.43. The van der Waals surface area contributed by atoms with Gasteiger partial charge in [-0.25, -0.2) is 4.98 Å². The third-order valence-electron chi connectivity index (χ3n) is 7.93. The van der Waals surface area contributed by atoms with Crippen LogP contribution in [0.3, 0.4) is 0 Å². The number of ether oxygens (including phenoxy) is 1. The number of rotatable bonds is 13. The lowest BCUT2D eigenvalue weighted by Gasteiger charge is -2.27. The Labute approximate surface area is 232 Å². The van der Waals surface area contributed by atoms with Crippen LogP contribution in [0.15, 0.2) is 61.6 Å². The number of fused-ring (bicyclic) bond motifs is 1. The maximum absolute atomic E-state index is 11.8. The van der Waals surface area contributed by atoms with E-state index >= 15 is 0 Å². The quantitative estimate of drug-likeness (QED) is 0.142. The SMILES string of the molecule is C=Cc1ccnc2c(-c3ccccn3)c(-c3ccnc(NC(C)=O)c3)n(CCOCC[Si](CC)(CC)CC)c12. The average molecular weight is 542 g/mol. The van der Waals surface area contributed by atoms with Gasteiger partial charge in [0.25, 0.3) is 0 Å². The summed E-state index contributed by atoms with van der Waals surface area (Å²) in [6, 6.07) is 16.8. The summed E-state index contributed by atoms with van der Waals surface area (Å²) in [5.41, 5.74) is 6.47. The molecule has 0 aliphatic heterocycles. The summed E-state index contributed by atoms with van der Waals surface area (Å²) in [7, 11) is -1.23. The number of hydrogen-bond donors (Lipinski definition) is 1. The van der Waals surface area contributed by atoms with Crippen molar-refractivity contribution in [2.45, 2.75) is 58.4 Å². The van der Waals surface area contributed by atoms with Crippen molar-refractivity contribution in [1.29, 1.82) is 0 Å². The molecule has 0 radical (unpaired) electrons. The molecule has 0 saturated heterocycles. The predicted molar refractivity (Wildman–Crippen MR) is 163 cm³/mol. The van der Waals surface area contributed by atoms with Gasteiger partial charge in [0.1, 0.15) is 5.82 Å². The van der Waals surface area contributed by atoms with Crippen LogP contribution in [0.5, 0.6) is 0 Å². The van der Waals surface area contributed by atoms with Crippen LogP contribution in [0.25, 0.3) is 39.6 Å². The molecule has 0 atom stereocenters. The van der Waals surface area contributed by atoms with E-state index in [2.05, 4.69) is 42.2 Å². The molecule has 0 aliphatic carbocycles. The summed E-state index contributed by atoms with van der Waals surface area (Å²) in [4.78, 5) is 25.7. The van der Waals surface area contributed by atoms with Crippen LogP contribution in [0, 0.1) is 0 Å². The molecular weight excluding hydrogens is 502 g/mol. The molecule has 1 N–H and O–H groups in total. The van der Waals surface area contributed by atoms with Crippen LogP contribution in [0.2, 0.25) is 24.2 Å². The lowest BCUT2D eigenvalue weighted by molar-refractivity contribution is -0.114. The maximum atomic E-state index is 11.8. The van der Waals surface area contributed by atoms with Crippen LogP contribution in [0.1, 0.15) is 33.3 Å². The van der Waals surface area contributed by atoms with Crippen molar-refractivity contribution < 1.29 is 9.53 Å². The standard InChI is InChI=1S/C31H39N5O2Si/c1-6-24-13-17-34-29-28(26-12-10-11-15-32-26)30(25-14-16-33-27(22-25)35-23(5)37)36(31(24)29)18-19-38-20-21-39(7-2,8-3)9-4/h6,10-17,22H,1,7-9,18-21H2,2-5H3,(H,33,35,37). The average Bonchev–Trinajstić information content (AvgIpc) is 3.30. The van der Waals surface area contributed by atoms with E-state index in [1.165, 1.54) is 31.1 Å². The Bertz CT molecular complexity index is 1420. The normalized spacial score (nSPS) is 11.6. The van der Waals surface area contributed by atoms with Crippen molar-refractivity contribution in [3.8, 4) is 22.5 Å². The van der Waals surface area contributed by atoms with Crippen LogP contribution < -0.4 is 5.32 Å². The van der Waals surface area contributed by atoms with Crippen molar-refractivity contribution in [2.75, 3.05) is 18.5 Å². The zero-order chi connectivity index (χ0) is 27.8. The number of aromatic nitrogens is 4. The van der Waals surface area contributed by atoms with Crippen molar-refractivity contribution in [3.05, 3.63) is 67.1 Å². The van der Waals surface area contributed by atoms with Gasteiger partial charge in [0.15, 0.2) is 0 Å². The van der Waals surface area contributed by atoms with Gasteiger partial charge < -0.3 is 14.6 Å². The Morgan fingerprint density at radius 2 is 1.79 bits per heavy atom. The van der Waals surface area contributed by atoms with E-state index < -0.39 is 8.07 Å². The summed E-state index contributed by atoms with van der Waals surface area (Å²) in [5.74, 6) is 0.331. The zero-order valence-corrected chi connectivity index (χ0v) is 24.5. The number of pyridine rings is 3. The number of amides is 1. The Balaban J connectivity index is 1.81. The van der Waals surface area contributed by atoms with Gasteiger partial charge in [-0.3, -0.25) is 14.8 Å². The molecule has 4 aromatic heterocycles. The smallest absolute Gasteiger partial charge is 0.222 e. The molecule has 0 fully saturated rings. The number of nitrogens with one attached hydrogen (secondary N) is 1. The lowest BCUT2D eigenvalue weighted by Crippen LogP contribution is -2.32. The highest BCUT2D eigenvalue weighted by Crippen LogP contribution is 2.41. The number of nitrogens with zero attached hydrogens (tertiary/aromatic N) is 4. The highest BCUT2D eigenvalue weighted by atomic mass is 28.3. The van der Waals surface area contributed by atoms with Crippen molar-refractivity contribution in [2.24, 2.45) is 0 Å². The summed E-state index contributed by atoms with van der Waals surface area (Å²) in [6.45, 7) is 14.6. The van der Waals surface area contributed by atoms with Gasteiger partial charge in [0.05, 0.1) is 42.7 Å². The van der Waals surface area contributed by atoms with Crippen LogP contribution in [0.4, 0.5) is 5.82 Å². The maximum Gasteiger partial charge on any atom is 0.222 e. The first-order chi connectivity index (χ1) is 19.0. The van der Waals surface area contributed by atoms with Gasteiger partial charge in [-0.15, -0.1) is 0 Å². The molecule has 8 heteroatoms. The van der Waals surface area contributed by atoms with Gasteiger partial charge >= 0.3 is 0 Å². The minimum Gasteiger partial charge on any atom is -0.380 e.